The first-order valence-electron chi connectivity index (χ1n) is 8.24. The van der Waals surface area contributed by atoms with Crippen molar-refractivity contribution in [3.8, 4) is 11.5 Å². The molecule has 0 aliphatic rings. The monoisotopic (exact) mass is 304 g/mol. The van der Waals surface area contributed by atoms with Gasteiger partial charge in [0.15, 0.2) is 0 Å². The summed E-state index contributed by atoms with van der Waals surface area (Å²) in [7, 11) is 0. The van der Waals surface area contributed by atoms with E-state index in [4.69, 9.17) is 9.47 Å². The Morgan fingerprint density at radius 1 is 1.05 bits per heavy atom. The first kappa shape index (κ1) is 18.3. The summed E-state index contributed by atoms with van der Waals surface area (Å²) in [5.41, 5.74) is 0.384. The minimum atomic E-state index is -0.413. The van der Waals surface area contributed by atoms with Crippen molar-refractivity contribution in [1.29, 1.82) is 0 Å². The number of ether oxygens (including phenoxy) is 2. The van der Waals surface area contributed by atoms with Gasteiger partial charge >= 0.3 is 5.97 Å². The van der Waals surface area contributed by atoms with Gasteiger partial charge in [0.1, 0.15) is 11.5 Å². The lowest BCUT2D eigenvalue weighted by molar-refractivity contribution is -0.130. The molecule has 1 aromatic carbocycles. The maximum atomic E-state index is 11.5. The van der Waals surface area contributed by atoms with Crippen LogP contribution in [0.25, 0.3) is 0 Å². The maximum Gasteiger partial charge on any atom is 0.338 e. The van der Waals surface area contributed by atoms with Crippen molar-refractivity contribution < 1.29 is 14.3 Å². The molecule has 1 rings (SSSR count). The van der Waals surface area contributed by atoms with Gasteiger partial charge in [0, 0.05) is 11.6 Å². The summed E-state index contributed by atoms with van der Waals surface area (Å²) >= 11 is 0. The zero-order valence-electron chi connectivity index (χ0n) is 13.9. The Kier molecular flexibility index (Phi) is 9.04. The molecule has 0 unspecified atom stereocenters. The molecule has 3 nitrogen and oxygen atoms in total. The van der Waals surface area contributed by atoms with Gasteiger partial charge < -0.3 is 9.47 Å². The number of esters is 1. The molecule has 0 bridgehead atoms. The third kappa shape index (κ3) is 7.87. The van der Waals surface area contributed by atoms with E-state index in [0.717, 1.165) is 12.2 Å². The molecule has 0 aliphatic heterocycles. The van der Waals surface area contributed by atoms with Crippen LogP contribution in [0.1, 0.15) is 58.8 Å². The molecule has 0 heterocycles. The summed E-state index contributed by atoms with van der Waals surface area (Å²) in [5.74, 6) is 0.812. The van der Waals surface area contributed by atoms with Crippen molar-refractivity contribution in [1.82, 2.24) is 0 Å². The van der Waals surface area contributed by atoms with Crippen LogP contribution in [0.5, 0.6) is 11.5 Å². The quantitative estimate of drug-likeness (QED) is 0.241. The minimum Gasteiger partial charge on any atom is -0.493 e. The molecule has 0 atom stereocenters. The first-order valence-corrected chi connectivity index (χ1v) is 8.24. The van der Waals surface area contributed by atoms with E-state index in [0.29, 0.717) is 17.9 Å². The Morgan fingerprint density at radius 3 is 2.36 bits per heavy atom. The molecule has 0 fully saturated rings. The van der Waals surface area contributed by atoms with Gasteiger partial charge in [0.05, 0.1) is 6.61 Å². The highest BCUT2D eigenvalue weighted by Gasteiger charge is 2.06. The average Bonchev–Trinajstić information content (AvgIpc) is 2.50. The topological polar surface area (TPSA) is 35.5 Å². The number of carbonyl (C=O) groups excluding carboxylic acids is 1. The van der Waals surface area contributed by atoms with E-state index >= 15 is 0 Å². The van der Waals surface area contributed by atoms with Crippen molar-refractivity contribution in [2.45, 2.75) is 58.8 Å². The maximum absolute atomic E-state index is 11.5. The number of hydrogen-bond acceptors (Lipinski definition) is 3. The van der Waals surface area contributed by atoms with E-state index in [1.807, 2.05) is 12.1 Å². The SMILES string of the molecule is C=C(C)C(=O)Oc1cccc(OCCCCCCCCC)c1. The lowest BCUT2D eigenvalue weighted by Gasteiger charge is -2.08. The third-order valence-electron chi connectivity index (χ3n) is 3.38. The fraction of sp³-hybridized carbons (Fsp3) is 0.526. The molecule has 0 aromatic heterocycles. The van der Waals surface area contributed by atoms with Gasteiger partial charge in [-0.3, -0.25) is 0 Å². The molecule has 0 spiro atoms. The summed E-state index contributed by atoms with van der Waals surface area (Å²) < 4.78 is 10.9. The number of rotatable bonds is 11. The number of unbranched alkanes of at least 4 members (excludes halogenated alkanes) is 6. The van der Waals surface area contributed by atoms with Crippen LogP contribution in [-0.2, 0) is 4.79 Å². The van der Waals surface area contributed by atoms with E-state index in [-0.39, 0.29) is 0 Å². The fourth-order valence-electron chi connectivity index (χ4n) is 2.07. The van der Waals surface area contributed by atoms with Crippen molar-refractivity contribution >= 4 is 5.97 Å². The Morgan fingerprint density at radius 2 is 1.68 bits per heavy atom. The molecule has 0 amide bonds. The predicted molar refractivity (Wildman–Crippen MR) is 90.4 cm³/mol. The van der Waals surface area contributed by atoms with Crippen LogP contribution in [-0.4, -0.2) is 12.6 Å². The van der Waals surface area contributed by atoms with Crippen LogP contribution in [0.3, 0.4) is 0 Å². The number of benzene rings is 1. The minimum absolute atomic E-state index is 0.384. The van der Waals surface area contributed by atoms with Crippen LogP contribution in [0.2, 0.25) is 0 Å². The van der Waals surface area contributed by atoms with Gasteiger partial charge in [0.25, 0.3) is 0 Å². The van der Waals surface area contributed by atoms with Crippen molar-refractivity contribution in [3.05, 3.63) is 36.4 Å². The highest BCUT2D eigenvalue weighted by molar-refractivity contribution is 5.88. The number of carbonyl (C=O) groups is 1. The van der Waals surface area contributed by atoms with Crippen molar-refractivity contribution in [2.24, 2.45) is 0 Å². The van der Waals surface area contributed by atoms with Gasteiger partial charge in [-0.25, -0.2) is 4.79 Å². The molecule has 0 radical (unpaired) electrons. The molecule has 0 N–H and O–H groups in total. The predicted octanol–water partition coefficient (Wildman–Crippen LogP) is 5.30. The molecule has 0 saturated heterocycles. The second-order valence-electron chi connectivity index (χ2n) is 5.61. The van der Waals surface area contributed by atoms with Crippen molar-refractivity contribution in [3.63, 3.8) is 0 Å². The van der Waals surface area contributed by atoms with E-state index < -0.39 is 5.97 Å². The van der Waals surface area contributed by atoms with E-state index in [1.165, 1.54) is 38.5 Å². The van der Waals surface area contributed by atoms with Gasteiger partial charge in [-0.05, 0) is 25.5 Å². The zero-order valence-corrected chi connectivity index (χ0v) is 13.9. The molecule has 3 heteroatoms. The van der Waals surface area contributed by atoms with Crippen molar-refractivity contribution in [2.75, 3.05) is 6.61 Å². The average molecular weight is 304 g/mol. The third-order valence-corrected chi connectivity index (χ3v) is 3.38. The van der Waals surface area contributed by atoms with E-state index in [1.54, 1.807) is 19.1 Å². The molecule has 122 valence electrons. The summed E-state index contributed by atoms with van der Waals surface area (Å²) in [5, 5.41) is 0. The van der Waals surface area contributed by atoms with Crippen LogP contribution >= 0.6 is 0 Å². The Bertz CT molecular complexity index is 466. The number of hydrogen-bond donors (Lipinski definition) is 0. The molecule has 0 aliphatic carbocycles. The van der Waals surface area contributed by atoms with Crippen LogP contribution in [0.15, 0.2) is 36.4 Å². The summed E-state index contributed by atoms with van der Waals surface area (Å²) in [6.45, 7) is 8.12. The van der Waals surface area contributed by atoms with Gasteiger partial charge in [0.2, 0.25) is 0 Å². The molecular weight excluding hydrogens is 276 g/mol. The van der Waals surface area contributed by atoms with Gasteiger partial charge in [-0.2, -0.15) is 0 Å². The summed E-state index contributed by atoms with van der Waals surface area (Å²) in [6.07, 6.45) is 8.82. The standard InChI is InChI=1S/C19H28O3/c1-4-5-6-7-8-9-10-14-21-17-12-11-13-18(15-17)22-19(20)16(2)3/h11-13,15H,2,4-10,14H2,1,3H3. The van der Waals surface area contributed by atoms with Crippen LogP contribution in [0, 0.1) is 0 Å². The Balaban J connectivity index is 2.23. The summed E-state index contributed by atoms with van der Waals surface area (Å²) in [6, 6.07) is 7.17. The Hall–Kier alpha value is -1.77. The lowest BCUT2D eigenvalue weighted by Crippen LogP contribution is -2.08. The molecular formula is C19H28O3. The smallest absolute Gasteiger partial charge is 0.338 e. The molecule has 1 aromatic rings. The van der Waals surface area contributed by atoms with Gasteiger partial charge in [-0.1, -0.05) is 58.1 Å². The van der Waals surface area contributed by atoms with Crippen LogP contribution < -0.4 is 9.47 Å². The second kappa shape index (κ2) is 10.9. The van der Waals surface area contributed by atoms with E-state index in [2.05, 4.69) is 13.5 Å². The fourth-order valence-corrected chi connectivity index (χ4v) is 2.07. The Labute approximate surface area is 134 Å². The van der Waals surface area contributed by atoms with E-state index in [9.17, 15) is 4.79 Å². The van der Waals surface area contributed by atoms with Gasteiger partial charge in [-0.15, -0.1) is 0 Å². The first-order chi connectivity index (χ1) is 10.6. The largest absolute Gasteiger partial charge is 0.493 e. The zero-order chi connectivity index (χ0) is 16.2. The summed E-state index contributed by atoms with van der Waals surface area (Å²) in [4.78, 5) is 11.5. The van der Waals surface area contributed by atoms with Crippen LogP contribution in [0.4, 0.5) is 0 Å². The molecule has 22 heavy (non-hydrogen) atoms. The second-order valence-corrected chi connectivity index (χ2v) is 5.61. The normalized spacial score (nSPS) is 10.3. The highest BCUT2D eigenvalue weighted by Crippen LogP contribution is 2.20. The molecule has 0 saturated carbocycles. The lowest BCUT2D eigenvalue weighted by atomic mass is 10.1. The highest BCUT2D eigenvalue weighted by atomic mass is 16.5.